The first-order chi connectivity index (χ1) is 14.5. The molecule has 0 aliphatic carbocycles. The van der Waals surface area contributed by atoms with Crippen molar-refractivity contribution in [3.63, 3.8) is 0 Å². The maximum absolute atomic E-state index is 13.1. The number of carbonyl (C=O) groups is 1. The van der Waals surface area contributed by atoms with Crippen LogP contribution in [-0.2, 0) is 6.54 Å². The van der Waals surface area contributed by atoms with Gasteiger partial charge in [0.05, 0.1) is 18.0 Å². The highest BCUT2D eigenvalue weighted by molar-refractivity contribution is 6.31. The number of carbonyl (C=O) groups excluding carboxylic acids is 1. The number of aryl methyl sites for hydroxylation is 1. The van der Waals surface area contributed by atoms with E-state index in [2.05, 4.69) is 10.00 Å². The molecule has 0 spiro atoms. The number of nitrogens with zero attached hydrogens (tertiary/aromatic N) is 4. The van der Waals surface area contributed by atoms with E-state index >= 15 is 0 Å². The number of ether oxygens (including phenoxy) is 1. The van der Waals surface area contributed by atoms with Crippen LogP contribution in [0.5, 0.6) is 5.75 Å². The third-order valence-corrected chi connectivity index (χ3v) is 5.66. The van der Waals surface area contributed by atoms with Gasteiger partial charge in [0.25, 0.3) is 5.91 Å². The van der Waals surface area contributed by atoms with Crippen LogP contribution in [0.4, 0.5) is 5.69 Å². The van der Waals surface area contributed by atoms with Crippen LogP contribution in [0.2, 0.25) is 5.02 Å². The predicted molar refractivity (Wildman–Crippen MR) is 118 cm³/mol. The highest BCUT2D eigenvalue weighted by atomic mass is 35.5. The zero-order valence-electron chi connectivity index (χ0n) is 17.0. The summed E-state index contributed by atoms with van der Waals surface area (Å²) in [5.74, 6) is 0.473. The van der Waals surface area contributed by atoms with Gasteiger partial charge in [0.1, 0.15) is 5.75 Å². The van der Waals surface area contributed by atoms with Gasteiger partial charge in [-0.1, -0.05) is 11.6 Å². The highest BCUT2D eigenvalue weighted by Gasteiger charge is 2.26. The minimum Gasteiger partial charge on any atom is -0.497 e. The van der Waals surface area contributed by atoms with Gasteiger partial charge in [0.15, 0.2) is 5.69 Å². The standard InChI is InChI=1S/C22H23ClN4O3/c1-3-27-19-9-4-15(23)14-18(19)21(28)20(24-27)22(29)26-12-10-25(11-13-26)16-5-7-17(30-2)8-6-16/h4-9,14H,3,10-13H2,1-2H3. The summed E-state index contributed by atoms with van der Waals surface area (Å²) in [6.45, 7) is 4.87. The SMILES string of the molecule is CCn1nc(C(=O)N2CCN(c3ccc(OC)cc3)CC2)c(=O)c2cc(Cl)ccc21. The average Bonchev–Trinajstić information content (AvgIpc) is 2.79. The fourth-order valence-corrected chi connectivity index (χ4v) is 3.93. The van der Waals surface area contributed by atoms with Crippen molar-refractivity contribution in [2.45, 2.75) is 13.5 Å². The third-order valence-electron chi connectivity index (χ3n) is 5.42. The molecule has 1 aromatic heterocycles. The smallest absolute Gasteiger partial charge is 0.278 e. The summed E-state index contributed by atoms with van der Waals surface area (Å²) >= 11 is 6.08. The van der Waals surface area contributed by atoms with E-state index in [1.54, 1.807) is 34.9 Å². The van der Waals surface area contributed by atoms with Crippen molar-refractivity contribution in [2.75, 3.05) is 38.2 Å². The lowest BCUT2D eigenvalue weighted by molar-refractivity contribution is 0.0737. The quantitative estimate of drug-likeness (QED) is 0.641. The van der Waals surface area contributed by atoms with Crippen molar-refractivity contribution in [3.8, 4) is 5.75 Å². The lowest BCUT2D eigenvalue weighted by Gasteiger charge is -2.36. The molecule has 0 unspecified atom stereocenters. The summed E-state index contributed by atoms with van der Waals surface area (Å²) < 4.78 is 6.88. The molecule has 2 aromatic carbocycles. The second-order valence-corrected chi connectivity index (χ2v) is 7.57. The number of fused-ring (bicyclic) bond motifs is 1. The molecular weight excluding hydrogens is 404 g/mol. The molecule has 1 fully saturated rings. The van der Waals surface area contributed by atoms with Crippen LogP contribution in [0.15, 0.2) is 47.3 Å². The van der Waals surface area contributed by atoms with Crippen LogP contribution in [0.1, 0.15) is 17.4 Å². The molecule has 3 aromatic rings. The second kappa shape index (κ2) is 8.36. The van der Waals surface area contributed by atoms with E-state index in [1.165, 1.54) is 0 Å². The molecule has 4 rings (SSSR count). The topological polar surface area (TPSA) is 67.7 Å². The molecule has 0 saturated carbocycles. The van der Waals surface area contributed by atoms with Crippen LogP contribution in [-0.4, -0.2) is 53.9 Å². The van der Waals surface area contributed by atoms with Gasteiger partial charge in [0, 0.05) is 43.4 Å². The van der Waals surface area contributed by atoms with E-state index in [0.717, 1.165) is 11.4 Å². The van der Waals surface area contributed by atoms with Gasteiger partial charge in [-0.25, -0.2) is 0 Å². The lowest BCUT2D eigenvalue weighted by atomic mass is 10.1. The van der Waals surface area contributed by atoms with E-state index in [0.29, 0.717) is 48.6 Å². The van der Waals surface area contributed by atoms with E-state index in [4.69, 9.17) is 16.3 Å². The number of benzene rings is 2. The average molecular weight is 427 g/mol. The Hall–Kier alpha value is -3.06. The first-order valence-electron chi connectivity index (χ1n) is 9.90. The van der Waals surface area contributed by atoms with Crippen LogP contribution in [0.25, 0.3) is 10.9 Å². The van der Waals surface area contributed by atoms with Crippen molar-refractivity contribution in [2.24, 2.45) is 0 Å². The van der Waals surface area contributed by atoms with E-state index in [9.17, 15) is 9.59 Å². The van der Waals surface area contributed by atoms with Crippen molar-refractivity contribution < 1.29 is 9.53 Å². The maximum Gasteiger partial charge on any atom is 0.278 e. The largest absolute Gasteiger partial charge is 0.497 e. The number of anilines is 1. The van der Waals surface area contributed by atoms with Gasteiger partial charge in [-0.3, -0.25) is 14.3 Å². The molecule has 0 radical (unpaired) electrons. The van der Waals surface area contributed by atoms with Gasteiger partial charge < -0.3 is 14.5 Å². The van der Waals surface area contributed by atoms with Crippen molar-refractivity contribution in [3.05, 3.63) is 63.4 Å². The molecule has 1 aliphatic heterocycles. The fraction of sp³-hybridized carbons (Fsp3) is 0.318. The molecule has 0 bridgehead atoms. The van der Waals surface area contributed by atoms with Gasteiger partial charge in [0.2, 0.25) is 5.43 Å². The number of methoxy groups -OCH3 is 1. The monoisotopic (exact) mass is 426 g/mol. The molecule has 1 saturated heterocycles. The molecule has 1 amide bonds. The van der Waals surface area contributed by atoms with Crippen LogP contribution in [0, 0.1) is 0 Å². The Morgan fingerprint density at radius 1 is 1.10 bits per heavy atom. The number of piperazine rings is 1. The molecule has 8 heteroatoms. The van der Waals surface area contributed by atoms with Crippen molar-refractivity contribution in [1.82, 2.24) is 14.7 Å². The highest BCUT2D eigenvalue weighted by Crippen LogP contribution is 2.21. The Morgan fingerprint density at radius 3 is 2.43 bits per heavy atom. The van der Waals surface area contributed by atoms with Gasteiger partial charge in [-0.15, -0.1) is 0 Å². The molecule has 1 aliphatic rings. The maximum atomic E-state index is 13.1. The number of amides is 1. The van der Waals surface area contributed by atoms with Crippen LogP contribution < -0.4 is 15.1 Å². The zero-order valence-corrected chi connectivity index (χ0v) is 17.7. The summed E-state index contributed by atoms with van der Waals surface area (Å²) in [5.41, 5.74) is 1.33. The lowest BCUT2D eigenvalue weighted by Crippen LogP contribution is -2.50. The second-order valence-electron chi connectivity index (χ2n) is 7.13. The van der Waals surface area contributed by atoms with Crippen molar-refractivity contribution in [1.29, 1.82) is 0 Å². The number of rotatable bonds is 4. The first kappa shape index (κ1) is 20.2. The Labute approximate surface area is 179 Å². The van der Waals surface area contributed by atoms with Gasteiger partial charge in [-0.05, 0) is 49.4 Å². The van der Waals surface area contributed by atoms with Crippen LogP contribution in [0.3, 0.4) is 0 Å². The third kappa shape index (κ3) is 3.73. The van der Waals surface area contributed by atoms with E-state index in [1.807, 2.05) is 31.2 Å². The van der Waals surface area contributed by atoms with Crippen LogP contribution >= 0.6 is 11.6 Å². The minimum atomic E-state index is -0.375. The molecule has 30 heavy (non-hydrogen) atoms. The summed E-state index contributed by atoms with van der Waals surface area (Å²) in [7, 11) is 1.64. The zero-order chi connectivity index (χ0) is 21.3. The summed E-state index contributed by atoms with van der Waals surface area (Å²) in [6.07, 6.45) is 0. The number of aromatic nitrogens is 2. The Balaban J connectivity index is 1.56. The Kier molecular flexibility index (Phi) is 5.63. The molecule has 156 valence electrons. The molecular formula is C22H23ClN4O3. The normalized spacial score (nSPS) is 14.2. The Morgan fingerprint density at radius 2 is 1.80 bits per heavy atom. The minimum absolute atomic E-state index is 0.0514. The summed E-state index contributed by atoms with van der Waals surface area (Å²) in [5, 5.41) is 5.24. The summed E-state index contributed by atoms with van der Waals surface area (Å²) in [6, 6.07) is 12.9. The first-order valence-corrected chi connectivity index (χ1v) is 10.3. The van der Waals surface area contributed by atoms with E-state index < -0.39 is 0 Å². The Bertz CT molecular complexity index is 1140. The summed E-state index contributed by atoms with van der Waals surface area (Å²) in [4.78, 5) is 30.0. The predicted octanol–water partition coefficient (Wildman–Crippen LogP) is 3.04. The molecule has 0 N–H and O–H groups in total. The fourth-order valence-electron chi connectivity index (χ4n) is 3.75. The van der Waals surface area contributed by atoms with E-state index in [-0.39, 0.29) is 17.0 Å². The van der Waals surface area contributed by atoms with Gasteiger partial charge in [-0.2, -0.15) is 5.10 Å². The number of halogens is 1. The number of hydrogen-bond donors (Lipinski definition) is 0. The molecule has 7 nitrogen and oxygen atoms in total. The number of hydrogen-bond acceptors (Lipinski definition) is 5. The molecule has 2 heterocycles. The molecule has 0 atom stereocenters. The van der Waals surface area contributed by atoms with Crippen molar-refractivity contribution >= 4 is 34.1 Å². The van der Waals surface area contributed by atoms with Gasteiger partial charge >= 0.3 is 0 Å².